The van der Waals surface area contributed by atoms with Gasteiger partial charge in [-0.25, -0.2) is 9.97 Å². The van der Waals surface area contributed by atoms with Crippen molar-refractivity contribution in [2.45, 2.75) is 39.2 Å². The quantitative estimate of drug-likeness (QED) is 0.806. The Bertz CT molecular complexity index is 398. The first-order valence-electron chi connectivity index (χ1n) is 6.52. The van der Waals surface area contributed by atoms with Crippen LogP contribution in [0, 0.1) is 5.92 Å². The third-order valence-corrected chi connectivity index (χ3v) is 2.82. The maximum absolute atomic E-state index is 11.7. The van der Waals surface area contributed by atoms with Gasteiger partial charge >= 0.3 is 0 Å². The van der Waals surface area contributed by atoms with Gasteiger partial charge < -0.3 is 10.6 Å². The van der Waals surface area contributed by atoms with Crippen LogP contribution in [-0.2, 0) is 0 Å². The fourth-order valence-electron chi connectivity index (χ4n) is 1.51. The number of aromatic nitrogens is 2. The van der Waals surface area contributed by atoms with Gasteiger partial charge in [0.1, 0.15) is 11.5 Å². The minimum atomic E-state index is -0.126. The lowest BCUT2D eigenvalue weighted by atomic mass is 10.1. The summed E-state index contributed by atoms with van der Waals surface area (Å²) >= 11 is 0. The van der Waals surface area contributed by atoms with Gasteiger partial charge in [-0.1, -0.05) is 13.8 Å². The first kappa shape index (κ1) is 12.8. The number of amides is 1. The molecule has 1 heterocycles. The molecule has 0 atom stereocenters. The van der Waals surface area contributed by atoms with Crippen LogP contribution in [0.1, 0.15) is 43.6 Å². The normalized spacial score (nSPS) is 14.6. The van der Waals surface area contributed by atoms with Crippen LogP contribution in [0.2, 0.25) is 0 Å². The zero-order valence-electron chi connectivity index (χ0n) is 10.9. The standard InChI is InChI=1S/C13H20N4O/c1-9(2)5-6-14-12-8-15-11(7-16-12)13(18)17-10-3-4-10/h7-10H,3-6H2,1-2H3,(H,14,16)(H,17,18). The van der Waals surface area contributed by atoms with E-state index in [1.54, 1.807) is 6.20 Å². The molecule has 0 aromatic carbocycles. The monoisotopic (exact) mass is 248 g/mol. The second-order valence-electron chi connectivity index (χ2n) is 5.14. The van der Waals surface area contributed by atoms with Crippen LogP contribution >= 0.6 is 0 Å². The van der Waals surface area contributed by atoms with E-state index in [9.17, 15) is 4.79 Å². The van der Waals surface area contributed by atoms with E-state index in [0.717, 1.165) is 31.6 Å². The molecule has 0 saturated heterocycles. The molecule has 5 nitrogen and oxygen atoms in total. The van der Waals surface area contributed by atoms with Gasteiger partial charge in [-0.05, 0) is 25.2 Å². The van der Waals surface area contributed by atoms with Gasteiger partial charge in [-0.2, -0.15) is 0 Å². The molecule has 18 heavy (non-hydrogen) atoms. The first-order valence-corrected chi connectivity index (χ1v) is 6.52. The van der Waals surface area contributed by atoms with Crippen molar-refractivity contribution >= 4 is 11.7 Å². The Morgan fingerprint density at radius 2 is 2.17 bits per heavy atom. The molecular formula is C13H20N4O. The predicted molar refractivity (Wildman–Crippen MR) is 70.5 cm³/mol. The Morgan fingerprint density at radius 1 is 1.39 bits per heavy atom. The molecular weight excluding hydrogens is 228 g/mol. The van der Waals surface area contributed by atoms with Crippen molar-refractivity contribution in [1.29, 1.82) is 0 Å². The smallest absolute Gasteiger partial charge is 0.271 e. The Balaban J connectivity index is 1.82. The van der Waals surface area contributed by atoms with Gasteiger partial charge in [0.2, 0.25) is 0 Å². The lowest BCUT2D eigenvalue weighted by Gasteiger charge is -2.07. The van der Waals surface area contributed by atoms with E-state index in [4.69, 9.17) is 0 Å². The Labute approximate surface area is 107 Å². The van der Waals surface area contributed by atoms with E-state index in [2.05, 4.69) is 34.4 Å². The van der Waals surface area contributed by atoms with Crippen molar-refractivity contribution in [1.82, 2.24) is 15.3 Å². The molecule has 1 saturated carbocycles. The third kappa shape index (κ3) is 3.98. The Morgan fingerprint density at radius 3 is 2.72 bits per heavy atom. The van der Waals surface area contributed by atoms with E-state index in [-0.39, 0.29) is 5.91 Å². The van der Waals surface area contributed by atoms with Gasteiger partial charge in [0.15, 0.2) is 0 Å². The second-order valence-corrected chi connectivity index (χ2v) is 5.14. The Hall–Kier alpha value is -1.65. The number of hydrogen-bond donors (Lipinski definition) is 2. The van der Waals surface area contributed by atoms with Crippen LogP contribution in [0.4, 0.5) is 5.82 Å². The maximum atomic E-state index is 11.7. The number of hydrogen-bond acceptors (Lipinski definition) is 4. The van der Waals surface area contributed by atoms with Crippen molar-refractivity contribution in [3.05, 3.63) is 18.1 Å². The van der Waals surface area contributed by atoms with Gasteiger partial charge in [0.05, 0.1) is 12.4 Å². The topological polar surface area (TPSA) is 66.9 Å². The van der Waals surface area contributed by atoms with Crippen molar-refractivity contribution in [3.8, 4) is 0 Å². The van der Waals surface area contributed by atoms with Crippen molar-refractivity contribution < 1.29 is 4.79 Å². The Kier molecular flexibility index (Phi) is 4.12. The lowest BCUT2D eigenvalue weighted by Crippen LogP contribution is -2.26. The summed E-state index contributed by atoms with van der Waals surface area (Å²) in [6.07, 6.45) is 6.38. The zero-order chi connectivity index (χ0) is 13.0. The molecule has 0 unspecified atom stereocenters. The highest BCUT2D eigenvalue weighted by Crippen LogP contribution is 2.19. The van der Waals surface area contributed by atoms with Gasteiger partial charge in [-0.15, -0.1) is 0 Å². The molecule has 1 aliphatic rings. The van der Waals surface area contributed by atoms with E-state index in [1.165, 1.54) is 6.20 Å². The molecule has 98 valence electrons. The summed E-state index contributed by atoms with van der Waals surface area (Å²) in [5.41, 5.74) is 0.385. The van der Waals surface area contributed by atoms with Crippen LogP contribution in [0.25, 0.3) is 0 Å². The molecule has 1 fully saturated rings. The number of nitrogens with zero attached hydrogens (tertiary/aromatic N) is 2. The summed E-state index contributed by atoms with van der Waals surface area (Å²) in [5, 5.41) is 6.08. The van der Waals surface area contributed by atoms with E-state index in [0.29, 0.717) is 17.7 Å². The molecule has 1 aromatic heterocycles. The summed E-state index contributed by atoms with van der Waals surface area (Å²) in [6, 6.07) is 0.350. The minimum Gasteiger partial charge on any atom is -0.369 e. The van der Waals surface area contributed by atoms with Crippen LogP contribution in [0.15, 0.2) is 12.4 Å². The number of carbonyl (C=O) groups is 1. The average Bonchev–Trinajstić information content (AvgIpc) is 3.13. The highest BCUT2D eigenvalue weighted by atomic mass is 16.2. The molecule has 2 rings (SSSR count). The summed E-state index contributed by atoms with van der Waals surface area (Å²) in [7, 11) is 0. The molecule has 0 spiro atoms. The highest BCUT2D eigenvalue weighted by molar-refractivity contribution is 5.92. The minimum absolute atomic E-state index is 0.126. The summed E-state index contributed by atoms with van der Waals surface area (Å²) in [4.78, 5) is 20.0. The first-order chi connectivity index (χ1) is 8.65. The number of anilines is 1. The average molecular weight is 248 g/mol. The number of nitrogens with one attached hydrogen (secondary N) is 2. The van der Waals surface area contributed by atoms with E-state index in [1.807, 2.05) is 0 Å². The molecule has 0 bridgehead atoms. The van der Waals surface area contributed by atoms with Crippen molar-refractivity contribution in [2.24, 2.45) is 5.92 Å². The highest BCUT2D eigenvalue weighted by Gasteiger charge is 2.24. The molecule has 2 N–H and O–H groups in total. The van der Waals surface area contributed by atoms with Gasteiger partial charge in [0.25, 0.3) is 5.91 Å². The summed E-state index contributed by atoms with van der Waals surface area (Å²) in [6.45, 7) is 5.23. The molecule has 1 aliphatic carbocycles. The van der Waals surface area contributed by atoms with Crippen LogP contribution in [-0.4, -0.2) is 28.5 Å². The number of carbonyl (C=O) groups excluding carboxylic acids is 1. The van der Waals surface area contributed by atoms with E-state index < -0.39 is 0 Å². The van der Waals surface area contributed by atoms with Gasteiger partial charge in [-0.3, -0.25) is 4.79 Å². The van der Waals surface area contributed by atoms with Gasteiger partial charge in [0, 0.05) is 12.6 Å². The molecule has 5 heteroatoms. The SMILES string of the molecule is CC(C)CCNc1cnc(C(=O)NC2CC2)cn1. The predicted octanol–water partition coefficient (Wildman–Crippen LogP) is 1.83. The molecule has 1 amide bonds. The summed E-state index contributed by atoms with van der Waals surface area (Å²) < 4.78 is 0. The molecule has 1 aromatic rings. The number of rotatable bonds is 6. The fourth-order valence-corrected chi connectivity index (χ4v) is 1.51. The fraction of sp³-hybridized carbons (Fsp3) is 0.615. The zero-order valence-corrected chi connectivity index (χ0v) is 10.9. The molecule has 0 aliphatic heterocycles. The molecule has 0 radical (unpaired) electrons. The van der Waals surface area contributed by atoms with E-state index >= 15 is 0 Å². The van der Waals surface area contributed by atoms with Crippen molar-refractivity contribution in [2.75, 3.05) is 11.9 Å². The second kappa shape index (κ2) is 5.80. The third-order valence-electron chi connectivity index (χ3n) is 2.82. The summed E-state index contributed by atoms with van der Waals surface area (Å²) in [5.74, 6) is 1.26. The maximum Gasteiger partial charge on any atom is 0.271 e. The lowest BCUT2D eigenvalue weighted by molar-refractivity contribution is 0.0945. The van der Waals surface area contributed by atoms with Crippen LogP contribution < -0.4 is 10.6 Å². The van der Waals surface area contributed by atoms with Crippen molar-refractivity contribution in [3.63, 3.8) is 0 Å². The van der Waals surface area contributed by atoms with Crippen LogP contribution in [0.3, 0.4) is 0 Å². The van der Waals surface area contributed by atoms with Crippen LogP contribution in [0.5, 0.6) is 0 Å². The largest absolute Gasteiger partial charge is 0.369 e.